The lowest BCUT2D eigenvalue weighted by Crippen LogP contribution is -2.29. The molecule has 0 saturated heterocycles. The van der Waals surface area contributed by atoms with Crippen LogP contribution in [-0.2, 0) is 29.7 Å². The number of alkyl halides is 3. The van der Waals surface area contributed by atoms with Gasteiger partial charge in [-0.05, 0) is 47.0 Å². The highest BCUT2D eigenvalue weighted by Crippen LogP contribution is 2.30. The summed E-state index contributed by atoms with van der Waals surface area (Å²) in [6.07, 6.45) is -3.34. The molecule has 1 amide bonds. The van der Waals surface area contributed by atoms with Crippen LogP contribution in [-0.4, -0.2) is 40.8 Å². The molecule has 0 bridgehead atoms. The summed E-state index contributed by atoms with van der Waals surface area (Å²) < 4.78 is 62.8. The van der Waals surface area contributed by atoms with Gasteiger partial charge in [-0.2, -0.15) is 18.0 Å². The van der Waals surface area contributed by atoms with E-state index in [1.165, 1.54) is 29.1 Å². The minimum absolute atomic E-state index is 0.0547. The summed E-state index contributed by atoms with van der Waals surface area (Å²) in [5.41, 5.74) is 0.929. The molecular formula is C18H16F3N5O3S. The molecule has 3 aromatic rings. The van der Waals surface area contributed by atoms with E-state index in [4.69, 9.17) is 0 Å². The molecule has 0 unspecified atom stereocenters. The molecule has 2 aromatic carbocycles. The first kappa shape index (κ1) is 21.4. The highest BCUT2D eigenvalue weighted by molar-refractivity contribution is 7.89. The molecule has 30 heavy (non-hydrogen) atoms. The van der Waals surface area contributed by atoms with Crippen LogP contribution in [0.3, 0.4) is 0 Å². The quantitative estimate of drug-likeness (QED) is 0.653. The summed E-state index contributed by atoms with van der Waals surface area (Å²) >= 11 is 0. The summed E-state index contributed by atoms with van der Waals surface area (Å²) in [4.78, 5) is 13.4. The Labute approximate surface area is 169 Å². The molecule has 1 heterocycles. The second-order valence-corrected chi connectivity index (χ2v) is 8.30. The van der Waals surface area contributed by atoms with Gasteiger partial charge in [-0.3, -0.25) is 4.79 Å². The number of aromatic nitrogens is 4. The molecule has 0 atom stereocenters. The van der Waals surface area contributed by atoms with Crippen molar-refractivity contribution in [1.29, 1.82) is 0 Å². The van der Waals surface area contributed by atoms with E-state index in [1.54, 1.807) is 13.1 Å². The molecular weight excluding hydrogens is 423 g/mol. The van der Waals surface area contributed by atoms with E-state index < -0.39 is 27.7 Å². The molecule has 0 aliphatic carbocycles. The third-order valence-corrected chi connectivity index (χ3v) is 4.63. The first-order chi connectivity index (χ1) is 13.9. The zero-order valence-electron chi connectivity index (χ0n) is 15.8. The van der Waals surface area contributed by atoms with Crippen molar-refractivity contribution in [2.75, 3.05) is 6.26 Å². The minimum Gasteiger partial charge on any atom is -0.268 e. The smallest absolute Gasteiger partial charge is 0.268 e. The van der Waals surface area contributed by atoms with Gasteiger partial charge in [0.1, 0.15) is 0 Å². The second-order valence-electron chi connectivity index (χ2n) is 6.55. The number of nitrogens with one attached hydrogen (secondary N) is 1. The van der Waals surface area contributed by atoms with Crippen molar-refractivity contribution in [3.8, 4) is 11.4 Å². The Morgan fingerprint density at radius 1 is 1.13 bits per heavy atom. The van der Waals surface area contributed by atoms with Crippen LogP contribution in [0.5, 0.6) is 0 Å². The molecule has 0 radical (unpaired) electrons. The maximum Gasteiger partial charge on any atom is 0.416 e. The van der Waals surface area contributed by atoms with Crippen LogP contribution < -0.4 is 4.72 Å². The highest BCUT2D eigenvalue weighted by Gasteiger charge is 2.30. The maximum absolute atomic E-state index is 12.8. The predicted octanol–water partition coefficient (Wildman–Crippen LogP) is 2.18. The van der Waals surface area contributed by atoms with Gasteiger partial charge >= 0.3 is 6.18 Å². The van der Waals surface area contributed by atoms with Crippen LogP contribution >= 0.6 is 0 Å². The number of hydrogen-bond acceptors (Lipinski definition) is 6. The molecule has 3 rings (SSSR count). The maximum atomic E-state index is 12.8. The van der Waals surface area contributed by atoms with E-state index in [2.05, 4.69) is 15.4 Å². The summed E-state index contributed by atoms with van der Waals surface area (Å²) in [6.45, 7) is 0. The Kier molecular flexibility index (Phi) is 5.61. The van der Waals surface area contributed by atoms with Crippen LogP contribution in [0.15, 0.2) is 42.5 Å². The zero-order chi connectivity index (χ0) is 22.1. The van der Waals surface area contributed by atoms with Gasteiger partial charge < -0.3 is 0 Å². The third kappa shape index (κ3) is 5.20. The number of tetrazole rings is 1. The number of aryl methyl sites for hydroxylation is 1. The summed E-state index contributed by atoms with van der Waals surface area (Å²) in [5.74, 6) is -0.642. The number of benzene rings is 2. The fraction of sp³-hybridized carbons (Fsp3) is 0.222. The van der Waals surface area contributed by atoms with Crippen molar-refractivity contribution in [1.82, 2.24) is 24.9 Å². The van der Waals surface area contributed by atoms with Gasteiger partial charge in [-0.1, -0.05) is 18.2 Å². The SMILES string of the molecule is Cn1nnc(-c2cc(C(=O)NS(C)(=O)=O)ccc2Cc2ccc(C(F)(F)F)cc2)n1. The van der Waals surface area contributed by atoms with Crippen molar-refractivity contribution < 1.29 is 26.4 Å². The largest absolute Gasteiger partial charge is 0.416 e. The molecule has 8 nitrogen and oxygen atoms in total. The van der Waals surface area contributed by atoms with Gasteiger partial charge in [0.2, 0.25) is 15.8 Å². The number of carbonyl (C=O) groups is 1. The van der Waals surface area contributed by atoms with E-state index in [9.17, 15) is 26.4 Å². The Balaban J connectivity index is 1.98. The lowest BCUT2D eigenvalue weighted by Gasteiger charge is -2.11. The van der Waals surface area contributed by atoms with E-state index in [-0.39, 0.29) is 17.8 Å². The molecule has 0 saturated carbocycles. The number of sulfonamides is 1. The minimum atomic E-state index is -4.43. The molecule has 0 spiro atoms. The number of halogens is 3. The van der Waals surface area contributed by atoms with Crippen LogP contribution in [0.4, 0.5) is 13.2 Å². The van der Waals surface area contributed by atoms with E-state index >= 15 is 0 Å². The first-order valence-electron chi connectivity index (χ1n) is 8.48. The third-order valence-electron chi connectivity index (χ3n) is 4.08. The fourth-order valence-corrected chi connectivity index (χ4v) is 3.19. The van der Waals surface area contributed by atoms with E-state index in [0.29, 0.717) is 16.7 Å². The number of nitrogens with zero attached hydrogens (tertiary/aromatic N) is 4. The Morgan fingerprint density at radius 2 is 1.80 bits per heavy atom. The standard InChI is InChI=1S/C18H16F3N5O3S/c1-26-23-16(22-25-26)15-10-13(17(27)24-30(2,28)29)6-5-12(15)9-11-3-7-14(8-4-11)18(19,20)21/h3-8,10H,9H2,1-2H3,(H,24,27). The topological polar surface area (TPSA) is 107 Å². The predicted molar refractivity (Wildman–Crippen MR) is 101 cm³/mol. The number of hydrogen-bond donors (Lipinski definition) is 1. The average Bonchev–Trinajstić information content (AvgIpc) is 3.06. The van der Waals surface area contributed by atoms with Crippen LogP contribution in [0.1, 0.15) is 27.0 Å². The molecule has 1 aromatic heterocycles. The normalized spacial score (nSPS) is 12.0. The highest BCUT2D eigenvalue weighted by atomic mass is 32.2. The molecule has 12 heteroatoms. The van der Waals surface area contributed by atoms with Gasteiger partial charge in [-0.15, -0.1) is 10.2 Å². The lowest BCUT2D eigenvalue weighted by atomic mass is 9.96. The lowest BCUT2D eigenvalue weighted by molar-refractivity contribution is -0.137. The summed E-state index contributed by atoms with van der Waals surface area (Å²) in [5, 5.41) is 11.8. The molecule has 158 valence electrons. The molecule has 0 aliphatic rings. The van der Waals surface area contributed by atoms with E-state index in [0.717, 1.165) is 18.4 Å². The van der Waals surface area contributed by atoms with Crippen molar-refractivity contribution in [3.05, 3.63) is 64.7 Å². The Bertz CT molecular complexity index is 1190. The number of amides is 1. The van der Waals surface area contributed by atoms with Gasteiger partial charge in [0.15, 0.2) is 0 Å². The first-order valence-corrected chi connectivity index (χ1v) is 10.4. The van der Waals surface area contributed by atoms with E-state index in [1.807, 2.05) is 4.72 Å². The van der Waals surface area contributed by atoms with Crippen molar-refractivity contribution in [3.63, 3.8) is 0 Å². The van der Waals surface area contributed by atoms with Crippen LogP contribution in [0, 0.1) is 0 Å². The van der Waals surface area contributed by atoms with Gasteiger partial charge in [0, 0.05) is 11.1 Å². The second kappa shape index (κ2) is 7.86. The summed E-state index contributed by atoms with van der Waals surface area (Å²) in [7, 11) is -2.21. The van der Waals surface area contributed by atoms with Gasteiger partial charge in [0.05, 0.1) is 18.9 Å². The van der Waals surface area contributed by atoms with Crippen molar-refractivity contribution >= 4 is 15.9 Å². The Morgan fingerprint density at radius 3 is 2.33 bits per heavy atom. The molecule has 1 N–H and O–H groups in total. The average molecular weight is 439 g/mol. The summed E-state index contributed by atoms with van der Waals surface area (Å²) in [6, 6.07) is 9.10. The van der Waals surface area contributed by atoms with Gasteiger partial charge in [0.25, 0.3) is 5.91 Å². The number of carbonyl (C=O) groups excluding carboxylic acids is 1. The molecule has 0 fully saturated rings. The monoisotopic (exact) mass is 439 g/mol. The van der Waals surface area contributed by atoms with Crippen molar-refractivity contribution in [2.24, 2.45) is 7.05 Å². The Hall–Kier alpha value is -3.28. The zero-order valence-corrected chi connectivity index (χ0v) is 16.6. The van der Waals surface area contributed by atoms with Crippen LogP contribution in [0.2, 0.25) is 0 Å². The van der Waals surface area contributed by atoms with Gasteiger partial charge in [-0.25, -0.2) is 13.1 Å². The number of rotatable bonds is 5. The van der Waals surface area contributed by atoms with Crippen LogP contribution in [0.25, 0.3) is 11.4 Å². The van der Waals surface area contributed by atoms with Crippen molar-refractivity contribution in [2.45, 2.75) is 12.6 Å². The molecule has 0 aliphatic heterocycles. The fourth-order valence-electron chi connectivity index (χ4n) is 2.73.